The Labute approximate surface area is 158 Å². The van der Waals surface area contributed by atoms with Crippen molar-refractivity contribution in [2.24, 2.45) is 4.99 Å². The molecule has 2 aromatic carbocycles. The highest BCUT2D eigenvalue weighted by atomic mass is 79.9. The Bertz CT molecular complexity index is 794. The van der Waals surface area contributed by atoms with Crippen molar-refractivity contribution in [3.63, 3.8) is 0 Å². The van der Waals surface area contributed by atoms with Crippen molar-refractivity contribution in [2.45, 2.75) is 18.2 Å². The molecule has 0 bridgehead atoms. The molecule has 0 spiro atoms. The number of halogens is 1. The Balaban J connectivity index is 1.53. The van der Waals surface area contributed by atoms with Gasteiger partial charge in [-0.1, -0.05) is 58.0 Å². The molecule has 0 radical (unpaired) electrons. The quantitative estimate of drug-likeness (QED) is 0.780. The first-order chi connectivity index (χ1) is 12.1. The molecule has 2 amide bonds. The largest absolute Gasteiger partial charge is 0.326 e. The van der Waals surface area contributed by atoms with E-state index in [4.69, 9.17) is 0 Å². The van der Waals surface area contributed by atoms with Crippen molar-refractivity contribution in [1.29, 1.82) is 0 Å². The summed E-state index contributed by atoms with van der Waals surface area (Å²) in [6, 6.07) is 17.1. The van der Waals surface area contributed by atoms with Crippen molar-refractivity contribution in [2.75, 3.05) is 5.32 Å². The van der Waals surface area contributed by atoms with Gasteiger partial charge in [0.1, 0.15) is 5.25 Å². The molecule has 25 heavy (non-hydrogen) atoms. The molecule has 1 fully saturated rings. The number of nitrogens with zero attached hydrogens (tertiary/aromatic N) is 1. The van der Waals surface area contributed by atoms with Crippen LogP contribution >= 0.6 is 27.7 Å². The van der Waals surface area contributed by atoms with Crippen LogP contribution in [0.5, 0.6) is 0 Å². The zero-order chi connectivity index (χ0) is 17.6. The molecule has 0 saturated carbocycles. The van der Waals surface area contributed by atoms with Gasteiger partial charge in [-0.2, -0.15) is 0 Å². The maximum Gasteiger partial charge on any atom is 0.240 e. The average Bonchev–Trinajstić information content (AvgIpc) is 2.96. The van der Waals surface area contributed by atoms with Crippen LogP contribution < -0.4 is 10.6 Å². The molecule has 0 aromatic heterocycles. The van der Waals surface area contributed by atoms with E-state index in [9.17, 15) is 9.59 Å². The summed E-state index contributed by atoms with van der Waals surface area (Å²) >= 11 is 4.65. The first-order valence-corrected chi connectivity index (χ1v) is 9.39. The lowest BCUT2D eigenvalue weighted by Gasteiger charge is -2.07. The van der Waals surface area contributed by atoms with Gasteiger partial charge in [-0.15, -0.1) is 0 Å². The third-order valence-electron chi connectivity index (χ3n) is 3.52. The summed E-state index contributed by atoms with van der Waals surface area (Å²) in [4.78, 5) is 28.6. The van der Waals surface area contributed by atoms with Gasteiger partial charge in [0, 0.05) is 16.6 Å². The van der Waals surface area contributed by atoms with Crippen LogP contribution in [-0.4, -0.2) is 22.2 Å². The molecule has 2 aromatic rings. The Morgan fingerprint density at radius 2 is 1.88 bits per heavy atom. The first-order valence-electron chi connectivity index (χ1n) is 7.71. The summed E-state index contributed by atoms with van der Waals surface area (Å²) in [5.41, 5.74) is 1.77. The topological polar surface area (TPSA) is 70.6 Å². The Kier molecular flexibility index (Phi) is 5.88. The number of amides is 2. The monoisotopic (exact) mass is 417 g/mol. The van der Waals surface area contributed by atoms with Gasteiger partial charge in [0.2, 0.25) is 11.8 Å². The molecule has 1 atom stereocenters. The molecular weight excluding hydrogens is 402 g/mol. The molecule has 3 rings (SSSR count). The van der Waals surface area contributed by atoms with E-state index in [1.807, 2.05) is 42.5 Å². The predicted molar refractivity (Wildman–Crippen MR) is 104 cm³/mol. The average molecular weight is 418 g/mol. The Hall–Kier alpha value is -2.12. The highest BCUT2D eigenvalue weighted by Gasteiger charge is 2.31. The number of aliphatic imine (C=N–C) groups is 1. The zero-order valence-corrected chi connectivity index (χ0v) is 15.6. The van der Waals surface area contributed by atoms with Crippen LogP contribution in [0, 0.1) is 0 Å². The predicted octanol–water partition coefficient (Wildman–Crippen LogP) is 3.57. The molecular formula is C18H16BrN3O2S. The fraction of sp³-hybridized carbons (Fsp3) is 0.167. The van der Waals surface area contributed by atoms with Gasteiger partial charge < -0.3 is 10.6 Å². The van der Waals surface area contributed by atoms with Crippen molar-refractivity contribution in [3.05, 3.63) is 64.6 Å². The fourth-order valence-corrected chi connectivity index (χ4v) is 3.51. The van der Waals surface area contributed by atoms with Gasteiger partial charge in [-0.3, -0.25) is 14.6 Å². The van der Waals surface area contributed by atoms with Crippen molar-refractivity contribution in [3.8, 4) is 0 Å². The number of nitrogens with one attached hydrogen (secondary N) is 2. The zero-order valence-electron chi connectivity index (χ0n) is 13.2. The van der Waals surface area contributed by atoms with Crippen LogP contribution in [0.1, 0.15) is 12.0 Å². The van der Waals surface area contributed by atoms with Gasteiger partial charge in [-0.25, -0.2) is 0 Å². The number of rotatable bonds is 5. The maximum atomic E-state index is 12.1. The summed E-state index contributed by atoms with van der Waals surface area (Å²) in [6.07, 6.45) is 0.108. The van der Waals surface area contributed by atoms with E-state index in [0.29, 0.717) is 17.4 Å². The SMILES string of the molecule is O=C(CC1SC(=NCc2ccccc2)NC1=O)Nc1ccc(Br)cc1. The number of benzene rings is 2. The van der Waals surface area contributed by atoms with Crippen LogP contribution in [0.15, 0.2) is 64.1 Å². The van der Waals surface area contributed by atoms with Crippen molar-refractivity contribution < 1.29 is 9.59 Å². The standard InChI is InChI=1S/C18H16BrN3O2S/c19-13-6-8-14(9-7-13)21-16(23)10-15-17(24)22-18(25-15)20-11-12-4-2-1-3-5-12/h1-9,15H,10-11H2,(H,21,23)(H,20,22,24). The highest BCUT2D eigenvalue weighted by molar-refractivity contribution is 9.10. The molecule has 5 nitrogen and oxygen atoms in total. The molecule has 1 aliphatic rings. The summed E-state index contributed by atoms with van der Waals surface area (Å²) in [5.74, 6) is -0.373. The van der Waals surface area contributed by atoms with E-state index in [1.165, 1.54) is 11.8 Å². The first kappa shape index (κ1) is 17.7. The summed E-state index contributed by atoms with van der Waals surface area (Å²) < 4.78 is 0.940. The lowest BCUT2D eigenvalue weighted by molar-refractivity contribution is -0.122. The number of amidine groups is 1. The lowest BCUT2D eigenvalue weighted by atomic mass is 10.2. The number of thioether (sulfide) groups is 1. The van der Waals surface area contributed by atoms with Gasteiger partial charge in [0.05, 0.1) is 6.54 Å². The normalized spacial score (nSPS) is 18.2. The van der Waals surface area contributed by atoms with Gasteiger partial charge in [0.15, 0.2) is 5.17 Å². The molecule has 2 N–H and O–H groups in total. The van der Waals surface area contributed by atoms with E-state index in [2.05, 4.69) is 31.6 Å². The Morgan fingerprint density at radius 1 is 1.16 bits per heavy atom. The maximum absolute atomic E-state index is 12.1. The molecule has 0 aliphatic carbocycles. The lowest BCUT2D eigenvalue weighted by Crippen LogP contribution is -2.28. The summed E-state index contributed by atoms with van der Waals surface area (Å²) in [6.45, 7) is 0.501. The molecule has 1 aliphatic heterocycles. The number of carbonyl (C=O) groups excluding carboxylic acids is 2. The van der Waals surface area contributed by atoms with E-state index in [-0.39, 0.29) is 18.2 Å². The minimum absolute atomic E-state index is 0.108. The fourth-order valence-electron chi connectivity index (χ4n) is 2.27. The molecule has 128 valence electrons. The van der Waals surface area contributed by atoms with Gasteiger partial charge >= 0.3 is 0 Å². The van der Waals surface area contributed by atoms with Crippen LogP contribution in [0.3, 0.4) is 0 Å². The Morgan fingerprint density at radius 3 is 2.60 bits per heavy atom. The molecule has 1 unspecified atom stereocenters. The van der Waals surface area contributed by atoms with Gasteiger partial charge in [0.25, 0.3) is 0 Å². The van der Waals surface area contributed by atoms with Gasteiger partial charge in [-0.05, 0) is 29.8 Å². The molecule has 1 heterocycles. The van der Waals surface area contributed by atoms with Crippen LogP contribution in [-0.2, 0) is 16.1 Å². The van der Waals surface area contributed by atoms with Crippen molar-refractivity contribution >= 4 is 50.4 Å². The van der Waals surface area contributed by atoms with E-state index in [1.54, 1.807) is 12.1 Å². The van der Waals surface area contributed by atoms with E-state index < -0.39 is 5.25 Å². The minimum Gasteiger partial charge on any atom is -0.326 e. The smallest absolute Gasteiger partial charge is 0.240 e. The van der Waals surface area contributed by atoms with Crippen LogP contribution in [0.2, 0.25) is 0 Å². The second-order valence-electron chi connectivity index (χ2n) is 5.46. The molecule has 7 heteroatoms. The van der Waals surface area contributed by atoms with Crippen LogP contribution in [0.25, 0.3) is 0 Å². The third kappa shape index (κ3) is 5.17. The summed E-state index contributed by atoms with van der Waals surface area (Å²) in [5, 5.41) is 5.65. The second-order valence-corrected chi connectivity index (χ2v) is 7.57. The van der Waals surface area contributed by atoms with E-state index in [0.717, 1.165) is 10.0 Å². The minimum atomic E-state index is -0.454. The molecule has 1 saturated heterocycles. The second kappa shape index (κ2) is 8.31. The number of hydrogen-bond acceptors (Lipinski definition) is 4. The highest BCUT2D eigenvalue weighted by Crippen LogP contribution is 2.23. The van der Waals surface area contributed by atoms with Crippen LogP contribution in [0.4, 0.5) is 5.69 Å². The number of hydrogen-bond donors (Lipinski definition) is 2. The third-order valence-corrected chi connectivity index (χ3v) is 5.17. The van der Waals surface area contributed by atoms with Crippen molar-refractivity contribution in [1.82, 2.24) is 5.32 Å². The summed E-state index contributed by atoms with van der Waals surface area (Å²) in [7, 11) is 0. The number of carbonyl (C=O) groups is 2. The van der Waals surface area contributed by atoms with E-state index >= 15 is 0 Å². The number of anilines is 1.